The minimum atomic E-state index is 0.210. The Balaban J connectivity index is 2.41. The first-order valence-corrected chi connectivity index (χ1v) is 5.85. The molecule has 0 aromatic heterocycles. The standard InChI is InChI=1S/C13H21NO2/c1-3-15-12-6-8-13(9-7-12)16-11(2)5-4-10-14/h6-9,11H,3-5,10,14H2,1-2H3. The van der Waals surface area contributed by atoms with Crippen molar-refractivity contribution in [2.75, 3.05) is 13.2 Å². The van der Waals surface area contributed by atoms with Crippen LogP contribution in [-0.2, 0) is 0 Å². The van der Waals surface area contributed by atoms with E-state index >= 15 is 0 Å². The SMILES string of the molecule is CCOc1ccc(OC(C)CCCN)cc1. The number of nitrogens with two attached hydrogens (primary N) is 1. The molecule has 0 saturated heterocycles. The Morgan fingerprint density at radius 2 is 1.81 bits per heavy atom. The highest BCUT2D eigenvalue weighted by Crippen LogP contribution is 2.19. The van der Waals surface area contributed by atoms with E-state index in [2.05, 4.69) is 6.92 Å². The predicted octanol–water partition coefficient (Wildman–Crippen LogP) is 2.59. The fraction of sp³-hybridized carbons (Fsp3) is 0.538. The number of ether oxygens (including phenoxy) is 2. The summed E-state index contributed by atoms with van der Waals surface area (Å²) in [5.41, 5.74) is 5.45. The van der Waals surface area contributed by atoms with E-state index in [0.29, 0.717) is 6.61 Å². The third-order valence-corrected chi connectivity index (χ3v) is 2.29. The molecule has 0 saturated carbocycles. The van der Waals surface area contributed by atoms with Gasteiger partial charge in [0.15, 0.2) is 0 Å². The summed E-state index contributed by atoms with van der Waals surface area (Å²) in [4.78, 5) is 0. The summed E-state index contributed by atoms with van der Waals surface area (Å²) < 4.78 is 11.1. The minimum Gasteiger partial charge on any atom is -0.494 e. The summed E-state index contributed by atoms with van der Waals surface area (Å²) in [5.74, 6) is 1.76. The van der Waals surface area contributed by atoms with Crippen molar-refractivity contribution in [2.24, 2.45) is 5.73 Å². The molecular formula is C13H21NO2. The Kier molecular flexibility index (Phi) is 5.72. The van der Waals surface area contributed by atoms with Gasteiger partial charge in [0.1, 0.15) is 11.5 Å². The molecule has 1 aromatic rings. The molecular weight excluding hydrogens is 202 g/mol. The van der Waals surface area contributed by atoms with Crippen LogP contribution in [0, 0.1) is 0 Å². The van der Waals surface area contributed by atoms with Crippen LogP contribution in [0.3, 0.4) is 0 Å². The van der Waals surface area contributed by atoms with Crippen molar-refractivity contribution in [2.45, 2.75) is 32.8 Å². The molecule has 0 spiro atoms. The molecule has 0 aliphatic rings. The molecule has 0 bridgehead atoms. The van der Waals surface area contributed by atoms with Crippen molar-refractivity contribution in [1.29, 1.82) is 0 Å². The highest BCUT2D eigenvalue weighted by molar-refractivity contribution is 5.31. The zero-order valence-electron chi connectivity index (χ0n) is 10.1. The van der Waals surface area contributed by atoms with Gasteiger partial charge in [0, 0.05) is 0 Å². The van der Waals surface area contributed by atoms with Crippen LogP contribution in [0.15, 0.2) is 24.3 Å². The smallest absolute Gasteiger partial charge is 0.119 e. The third-order valence-electron chi connectivity index (χ3n) is 2.29. The molecule has 1 aromatic carbocycles. The van der Waals surface area contributed by atoms with Gasteiger partial charge in [0.05, 0.1) is 12.7 Å². The molecule has 0 radical (unpaired) electrons. The summed E-state index contributed by atoms with van der Waals surface area (Å²) in [7, 11) is 0. The Morgan fingerprint density at radius 1 is 1.19 bits per heavy atom. The monoisotopic (exact) mass is 223 g/mol. The summed E-state index contributed by atoms with van der Waals surface area (Å²) >= 11 is 0. The lowest BCUT2D eigenvalue weighted by Gasteiger charge is -2.14. The summed E-state index contributed by atoms with van der Waals surface area (Å²) in [6.45, 7) is 5.44. The lowest BCUT2D eigenvalue weighted by molar-refractivity contribution is 0.208. The van der Waals surface area contributed by atoms with Crippen LogP contribution >= 0.6 is 0 Å². The molecule has 1 rings (SSSR count). The first-order valence-electron chi connectivity index (χ1n) is 5.85. The number of hydrogen-bond donors (Lipinski definition) is 1. The van der Waals surface area contributed by atoms with Gasteiger partial charge >= 0.3 is 0 Å². The molecule has 0 heterocycles. The van der Waals surface area contributed by atoms with Crippen molar-refractivity contribution in [3.05, 3.63) is 24.3 Å². The second-order valence-electron chi connectivity index (χ2n) is 3.76. The molecule has 0 aliphatic carbocycles. The van der Waals surface area contributed by atoms with E-state index in [1.54, 1.807) is 0 Å². The summed E-state index contributed by atoms with van der Waals surface area (Å²) in [5, 5.41) is 0. The molecule has 1 atom stereocenters. The van der Waals surface area contributed by atoms with Gasteiger partial charge in [-0.05, 0) is 57.5 Å². The summed E-state index contributed by atoms with van der Waals surface area (Å²) in [6.07, 6.45) is 2.20. The van der Waals surface area contributed by atoms with E-state index < -0.39 is 0 Å². The minimum absolute atomic E-state index is 0.210. The topological polar surface area (TPSA) is 44.5 Å². The maximum Gasteiger partial charge on any atom is 0.119 e. The molecule has 0 fully saturated rings. The van der Waals surface area contributed by atoms with E-state index in [0.717, 1.165) is 30.9 Å². The Bertz CT molecular complexity index is 284. The van der Waals surface area contributed by atoms with E-state index in [9.17, 15) is 0 Å². The fourth-order valence-corrected chi connectivity index (χ4v) is 1.48. The van der Waals surface area contributed by atoms with E-state index in [-0.39, 0.29) is 6.10 Å². The van der Waals surface area contributed by atoms with Gasteiger partial charge in [-0.25, -0.2) is 0 Å². The number of rotatable bonds is 7. The maximum absolute atomic E-state index is 5.74. The first-order chi connectivity index (χ1) is 7.76. The van der Waals surface area contributed by atoms with Gasteiger partial charge in [-0.15, -0.1) is 0 Å². The van der Waals surface area contributed by atoms with Crippen molar-refractivity contribution < 1.29 is 9.47 Å². The van der Waals surface area contributed by atoms with Crippen molar-refractivity contribution in [1.82, 2.24) is 0 Å². The molecule has 2 N–H and O–H groups in total. The lowest BCUT2D eigenvalue weighted by atomic mass is 10.2. The van der Waals surface area contributed by atoms with Crippen LogP contribution in [0.5, 0.6) is 11.5 Å². The molecule has 3 heteroatoms. The Labute approximate surface area is 97.6 Å². The first kappa shape index (κ1) is 12.8. The summed E-state index contributed by atoms with van der Waals surface area (Å²) in [6, 6.07) is 7.72. The van der Waals surface area contributed by atoms with E-state index in [1.165, 1.54) is 0 Å². The average molecular weight is 223 g/mol. The second-order valence-corrected chi connectivity index (χ2v) is 3.76. The molecule has 1 unspecified atom stereocenters. The maximum atomic E-state index is 5.74. The van der Waals surface area contributed by atoms with Crippen molar-refractivity contribution in [3.8, 4) is 11.5 Å². The fourth-order valence-electron chi connectivity index (χ4n) is 1.48. The quantitative estimate of drug-likeness (QED) is 0.772. The zero-order chi connectivity index (χ0) is 11.8. The highest BCUT2D eigenvalue weighted by atomic mass is 16.5. The molecule has 16 heavy (non-hydrogen) atoms. The van der Waals surface area contributed by atoms with Gasteiger partial charge < -0.3 is 15.2 Å². The molecule has 3 nitrogen and oxygen atoms in total. The molecule has 0 aliphatic heterocycles. The Morgan fingerprint density at radius 3 is 2.38 bits per heavy atom. The number of hydrogen-bond acceptors (Lipinski definition) is 3. The highest BCUT2D eigenvalue weighted by Gasteiger charge is 2.03. The average Bonchev–Trinajstić information content (AvgIpc) is 2.29. The van der Waals surface area contributed by atoms with Gasteiger partial charge in [-0.3, -0.25) is 0 Å². The van der Waals surface area contributed by atoms with Crippen molar-refractivity contribution >= 4 is 0 Å². The van der Waals surface area contributed by atoms with Gasteiger partial charge in [0.25, 0.3) is 0 Å². The third kappa shape index (κ3) is 4.53. The predicted molar refractivity (Wildman–Crippen MR) is 66.0 cm³/mol. The molecule has 0 amide bonds. The largest absolute Gasteiger partial charge is 0.494 e. The van der Waals surface area contributed by atoms with E-state index in [1.807, 2.05) is 31.2 Å². The number of benzene rings is 1. The van der Waals surface area contributed by atoms with Crippen LogP contribution in [-0.4, -0.2) is 19.3 Å². The van der Waals surface area contributed by atoms with E-state index in [4.69, 9.17) is 15.2 Å². The van der Waals surface area contributed by atoms with Crippen molar-refractivity contribution in [3.63, 3.8) is 0 Å². The van der Waals surface area contributed by atoms with Crippen LogP contribution in [0.4, 0.5) is 0 Å². The lowest BCUT2D eigenvalue weighted by Crippen LogP contribution is -2.13. The van der Waals surface area contributed by atoms with Gasteiger partial charge in [0.2, 0.25) is 0 Å². The van der Waals surface area contributed by atoms with Gasteiger partial charge in [-0.1, -0.05) is 0 Å². The zero-order valence-corrected chi connectivity index (χ0v) is 10.1. The molecule has 90 valence electrons. The Hall–Kier alpha value is -1.22. The normalized spacial score (nSPS) is 12.2. The second kappa shape index (κ2) is 7.12. The van der Waals surface area contributed by atoms with Crippen LogP contribution < -0.4 is 15.2 Å². The van der Waals surface area contributed by atoms with Crippen LogP contribution in [0.2, 0.25) is 0 Å². The van der Waals surface area contributed by atoms with Crippen LogP contribution in [0.1, 0.15) is 26.7 Å². The van der Waals surface area contributed by atoms with Crippen LogP contribution in [0.25, 0.3) is 0 Å². The van der Waals surface area contributed by atoms with Gasteiger partial charge in [-0.2, -0.15) is 0 Å².